The molecule has 1 heterocycles. The molecule has 16 heavy (non-hydrogen) atoms. The molecule has 0 aliphatic carbocycles. The highest BCUT2D eigenvalue weighted by Crippen LogP contribution is 2.18. The minimum absolute atomic E-state index is 0.705. The first kappa shape index (κ1) is 13.9. The molecule has 0 spiro atoms. The number of hydrogen-bond donors (Lipinski definition) is 1. The first-order valence-corrected chi connectivity index (χ1v) is 6.59. The van der Waals surface area contributed by atoms with Crippen LogP contribution in [-0.4, -0.2) is 62.7 Å². The monoisotopic (exact) mass is 227 g/mol. The van der Waals surface area contributed by atoms with Gasteiger partial charge in [0.15, 0.2) is 0 Å². The van der Waals surface area contributed by atoms with Crippen LogP contribution in [0.5, 0.6) is 0 Å². The lowest BCUT2D eigenvalue weighted by molar-refractivity contribution is 0.168. The lowest BCUT2D eigenvalue weighted by Crippen LogP contribution is -2.43. The number of likely N-dealkylation sites (N-methyl/N-ethyl adjacent to an activating group) is 2. The van der Waals surface area contributed by atoms with E-state index in [0.29, 0.717) is 6.04 Å². The molecule has 0 aromatic rings. The summed E-state index contributed by atoms with van der Waals surface area (Å²) in [5.74, 6) is 0.790. The van der Waals surface area contributed by atoms with Crippen LogP contribution < -0.4 is 5.32 Å². The summed E-state index contributed by atoms with van der Waals surface area (Å²) in [6, 6.07) is 1.44. The van der Waals surface area contributed by atoms with Crippen LogP contribution in [0.2, 0.25) is 0 Å². The summed E-state index contributed by atoms with van der Waals surface area (Å²) in [7, 11) is 6.44. The van der Waals surface area contributed by atoms with Gasteiger partial charge < -0.3 is 10.2 Å². The van der Waals surface area contributed by atoms with Gasteiger partial charge in [0, 0.05) is 31.7 Å². The second-order valence-corrected chi connectivity index (χ2v) is 5.81. The van der Waals surface area contributed by atoms with E-state index < -0.39 is 0 Å². The van der Waals surface area contributed by atoms with E-state index in [1.807, 2.05) is 0 Å². The maximum atomic E-state index is 3.40. The zero-order chi connectivity index (χ0) is 12.1. The fourth-order valence-corrected chi connectivity index (χ4v) is 2.66. The summed E-state index contributed by atoms with van der Waals surface area (Å²) in [5, 5.41) is 3.40. The smallest absolute Gasteiger partial charge is 0.0226 e. The van der Waals surface area contributed by atoms with Gasteiger partial charge in [-0.2, -0.15) is 0 Å². The van der Waals surface area contributed by atoms with Crippen molar-refractivity contribution in [2.45, 2.75) is 38.8 Å². The first-order chi connectivity index (χ1) is 7.52. The van der Waals surface area contributed by atoms with E-state index in [0.717, 1.165) is 12.0 Å². The SMILES string of the molecule is CNC1CCN(C(CC(C)C)CN(C)C)C1. The lowest BCUT2D eigenvalue weighted by atomic mass is 10.0. The van der Waals surface area contributed by atoms with Crippen LogP contribution in [0.1, 0.15) is 26.7 Å². The first-order valence-electron chi connectivity index (χ1n) is 6.59. The summed E-state index contributed by atoms with van der Waals surface area (Å²) in [4.78, 5) is 4.99. The highest BCUT2D eigenvalue weighted by atomic mass is 15.2. The molecule has 0 aromatic heterocycles. The largest absolute Gasteiger partial charge is 0.316 e. The molecule has 1 aliphatic rings. The van der Waals surface area contributed by atoms with Gasteiger partial charge in [0.1, 0.15) is 0 Å². The number of likely N-dealkylation sites (tertiary alicyclic amines) is 1. The predicted molar refractivity (Wildman–Crippen MR) is 70.8 cm³/mol. The van der Waals surface area contributed by atoms with Gasteiger partial charge >= 0.3 is 0 Å². The second-order valence-electron chi connectivity index (χ2n) is 5.81. The second kappa shape index (κ2) is 6.58. The minimum Gasteiger partial charge on any atom is -0.316 e. The van der Waals surface area contributed by atoms with Crippen molar-refractivity contribution in [2.24, 2.45) is 5.92 Å². The molecule has 0 bridgehead atoms. The molecule has 0 aromatic carbocycles. The molecular formula is C13H29N3. The summed E-state index contributed by atoms with van der Waals surface area (Å²) < 4.78 is 0. The van der Waals surface area contributed by atoms with E-state index in [1.54, 1.807) is 0 Å². The van der Waals surface area contributed by atoms with Gasteiger partial charge in [0.2, 0.25) is 0 Å². The minimum atomic E-state index is 0.705. The topological polar surface area (TPSA) is 18.5 Å². The number of rotatable bonds is 6. The fourth-order valence-electron chi connectivity index (χ4n) is 2.66. The Labute approximate surface area is 101 Å². The average molecular weight is 227 g/mol. The van der Waals surface area contributed by atoms with Crippen molar-refractivity contribution in [3.05, 3.63) is 0 Å². The molecule has 1 saturated heterocycles. The highest BCUT2D eigenvalue weighted by Gasteiger charge is 2.27. The van der Waals surface area contributed by atoms with E-state index in [4.69, 9.17) is 0 Å². The maximum Gasteiger partial charge on any atom is 0.0226 e. The zero-order valence-corrected chi connectivity index (χ0v) is 11.7. The average Bonchev–Trinajstić information content (AvgIpc) is 2.63. The van der Waals surface area contributed by atoms with E-state index in [9.17, 15) is 0 Å². The molecule has 3 heteroatoms. The van der Waals surface area contributed by atoms with Crippen molar-refractivity contribution in [1.82, 2.24) is 15.1 Å². The van der Waals surface area contributed by atoms with Crippen molar-refractivity contribution in [1.29, 1.82) is 0 Å². The molecule has 2 atom stereocenters. The normalized spacial score (nSPS) is 24.6. The van der Waals surface area contributed by atoms with Crippen LogP contribution in [0.4, 0.5) is 0 Å². The predicted octanol–water partition coefficient (Wildman–Crippen LogP) is 1.26. The molecule has 1 N–H and O–H groups in total. The molecule has 1 aliphatic heterocycles. The number of hydrogen-bond acceptors (Lipinski definition) is 3. The standard InChI is InChI=1S/C13H29N3/c1-11(2)8-13(10-15(4)5)16-7-6-12(9-16)14-3/h11-14H,6-10H2,1-5H3. The van der Waals surface area contributed by atoms with Crippen LogP contribution >= 0.6 is 0 Å². The Bertz CT molecular complexity index is 182. The Morgan fingerprint density at radius 1 is 1.38 bits per heavy atom. The molecule has 1 rings (SSSR count). The highest BCUT2D eigenvalue weighted by molar-refractivity contribution is 4.86. The van der Waals surface area contributed by atoms with Crippen molar-refractivity contribution >= 4 is 0 Å². The van der Waals surface area contributed by atoms with E-state index in [-0.39, 0.29) is 0 Å². The molecule has 3 nitrogen and oxygen atoms in total. The molecule has 0 saturated carbocycles. The lowest BCUT2D eigenvalue weighted by Gasteiger charge is -2.31. The molecule has 96 valence electrons. The van der Waals surface area contributed by atoms with Crippen LogP contribution in [0.15, 0.2) is 0 Å². The van der Waals surface area contributed by atoms with Crippen molar-refractivity contribution in [2.75, 3.05) is 40.8 Å². The summed E-state index contributed by atoms with van der Waals surface area (Å²) in [5.41, 5.74) is 0. The Hall–Kier alpha value is -0.120. The van der Waals surface area contributed by atoms with E-state index in [1.165, 1.54) is 32.5 Å². The number of nitrogens with one attached hydrogen (secondary N) is 1. The third kappa shape index (κ3) is 4.40. The quantitative estimate of drug-likeness (QED) is 0.737. The van der Waals surface area contributed by atoms with Gasteiger partial charge in [0.25, 0.3) is 0 Å². The van der Waals surface area contributed by atoms with Crippen molar-refractivity contribution in [3.8, 4) is 0 Å². The van der Waals surface area contributed by atoms with Crippen LogP contribution in [-0.2, 0) is 0 Å². The van der Waals surface area contributed by atoms with E-state index in [2.05, 4.69) is 50.1 Å². The van der Waals surface area contributed by atoms with Crippen LogP contribution in [0.25, 0.3) is 0 Å². The molecular weight excluding hydrogens is 198 g/mol. The summed E-state index contributed by atoms with van der Waals surface area (Å²) in [6.45, 7) is 8.33. The van der Waals surface area contributed by atoms with Gasteiger partial charge in [0.05, 0.1) is 0 Å². The molecule has 1 fully saturated rings. The van der Waals surface area contributed by atoms with Gasteiger partial charge in [-0.1, -0.05) is 13.8 Å². The molecule has 2 unspecified atom stereocenters. The Balaban J connectivity index is 2.48. The number of nitrogens with zero attached hydrogens (tertiary/aromatic N) is 2. The van der Waals surface area contributed by atoms with Gasteiger partial charge in [-0.05, 0) is 39.9 Å². The van der Waals surface area contributed by atoms with Crippen molar-refractivity contribution < 1.29 is 0 Å². The third-order valence-corrected chi connectivity index (χ3v) is 3.46. The maximum absolute atomic E-state index is 3.40. The summed E-state index contributed by atoms with van der Waals surface area (Å²) in [6.07, 6.45) is 2.62. The van der Waals surface area contributed by atoms with Gasteiger partial charge in [-0.25, -0.2) is 0 Å². The third-order valence-electron chi connectivity index (χ3n) is 3.46. The van der Waals surface area contributed by atoms with Crippen LogP contribution in [0, 0.1) is 5.92 Å². The van der Waals surface area contributed by atoms with Gasteiger partial charge in [-0.15, -0.1) is 0 Å². The van der Waals surface area contributed by atoms with Crippen LogP contribution in [0.3, 0.4) is 0 Å². The Morgan fingerprint density at radius 3 is 2.50 bits per heavy atom. The van der Waals surface area contributed by atoms with Crippen molar-refractivity contribution in [3.63, 3.8) is 0 Å². The summed E-state index contributed by atoms with van der Waals surface area (Å²) >= 11 is 0. The fraction of sp³-hybridized carbons (Fsp3) is 1.00. The zero-order valence-electron chi connectivity index (χ0n) is 11.7. The van der Waals surface area contributed by atoms with Gasteiger partial charge in [-0.3, -0.25) is 4.90 Å². The Kier molecular flexibility index (Phi) is 5.73. The van der Waals surface area contributed by atoms with E-state index >= 15 is 0 Å². The Morgan fingerprint density at radius 2 is 2.06 bits per heavy atom. The molecule has 0 amide bonds. The molecule has 0 radical (unpaired) electrons.